The molecule has 1 aliphatic rings. The second-order valence-corrected chi connectivity index (χ2v) is 3.33. The van der Waals surface area contributed by atoms with Crippen molar-refractivity contribution in [2.24, 2.45) is 0 Å². The molecule has 0 saturated carbocycles. The molecule has 0 radical (unpaired) electrons. The Kier molecular flexibility index (Phi) is 2.63. The van der Waals surface area contributed by atoms with E-state index in [0.717, 1.165) is 12.1 Å². The lowest BCUT2D eigenvalue weighted by atomic mass is 10.1. The Balaban J connectivity index is 2.42. The van der Waals surface area contributed by atoms with Gasteiger partial charge in [-0.1, -0.05) is 0 Å². The second kappa shape index (κ2) is 3.97. The van der Waals surface area contributed by atoms with Crippen molar-refractivity contribution in [3.8, 4) is 0 Å². The van der Waals surface area contributed by atoms with Gasteiger partial charge in [-0.15, -0.1) is 0 Å². The van der Waals surface area contributed by atoms with Crippen LogP contribution >= 0.6 is 0 Å². The topological polar surface area (TPSA) is 63.7 Å². The molecule has 0 fully saturated rings. The summed E-state index contributed by atoms with van der Waals surface area (Å²) in [4.78, 5) is 35.2. The van der Waals surface area contributed by atoms with Gasteiger partial charge < -0.3 is 4.74 Å². The molecule has 0 spiro atoms. The predicted molar refractivity (Wildman–Crippen MR) is 53.9 cm³/mol. The second-order valence-electron chi connectivity index (χ2n) is 3.33. The predicted octanol–water partition coefficient (Wildman–Crippen LogP) is 1.58. The number of amides is 3. The lowest BCUT2D eigenvalue weighted by Gasteiger charge is -2.10. The molecule has 0 N–H and O–H groups in total. The molecule has 1 aliphatic heterocycles. The van der Waals surface area contributed by atoms with E-state index >= 15 is 0 Å². The molecule has 0 atom stereocenters. The van der Waals surface area contributed by atoms with E-state index in [1.807, 2.05) is 0 Å². The van der Waals surface area contributed by atoms with Gasteiger partial charge in [-0.2, -0.15) is 4.90 Å². The lowest BCUT2D eigenvalue weighted by Crippen LogP contribution is -2.36. The Bertz CT molecular complexity index is 526. The summed E-state index contributed by atoms with van der Waals surface area (Å²) >= 11 is 0. The van der Waals surface area contributed by atoms with E-state index in [0.29, 0.717) is 4.90 Å². The number of benzene rings is 1. The van der Waals surface area contributed by atoms with Crippen molar-refractivity contribution in [1.82, 2.24) is 4.90 Å². The van der Waals surface area contributed by atoms with Crippen LogP contribution in [0.1, 0.15) is 27.6 Å². The Labute approximate surface area is 95.8 Å². The summed E-state index contributed by atoms with van der Waals surface area (Å²) in [5.74, 6) is -2.29. The molecule has 17 heavy (non-hydrogen) atoms. The van der Waals surface area contributed by atoms with Crippen molar-refractivity contribution in [2.75, 3.05) is 6.61 Å². The first-order valence-electron chi connectivity index (χ1n) is 4.91. The fraction of sp³-hybridized carbons (Fsp3) is 0.182. The van der Waals surface area contributed by atoms with Crippen molar-refractivity contribution in [2.45, 2.75) is 6.92 Å². The first-order valence-corrected chi connectivity index (χ1v) is 4.91. The summed E-state index contributed by atoms with van der Waals surface area (Å²) in [6, 6.07) is 3.15. The maximum Gasteiger partial charge on any atom is 0.424 e. The van der Waals surface area contributed by atoms with Gasteiger partial charge in [0.15, 0.2) is 0 Å². The van der Waals surface area contributed by atoms with E-state index < -0.39 is 23.7 Å². The van der Waals surface area contributed by atoms with Crippen LogP contribution in [0.15, 0.2) is 18.2 Å². The highest BCUT2D eigenvalue weighted by Gasteiger charge is 2.41. The van der Waals surface area contributed by atoms with Gasteiger partial charge in [-0.05, 0) is 25.1 Å². The Hall–Kier alpha value is -2.24. The zero-order chi connectivity index (χ0) is 12.6. The maximum atomic E-state index is 12.9. The van der Waals surface area contributed by atoms with Gasteiger partial charge in [0.25, 0.3) is 11.8 Å². The van der Waals surface area contributed by atoms with E-state index in [9.17, 15) is 18.8 Å². The summed E-state index contributed by atoms with van der Waals surface area (Å²) < 4.78 is 17.5. The van der Waals surface area contributed by atoms with E-state index in [1.165, 1.54) is 6.07 Å². The molecule has 1 aromatic rings. The molecule has 3 amide bonds. The number of carbonyl (C=O) groups excluding carboxylic acids is 3. The van der Waals surface area contributed by atoms with Gasteiger partial charge in [0.2, 0.25) is 0 Å². The third-order valence-electron chi connectivity index (χ3n) is 2.30. The monoisotopic (exact) mass is 237 g/mol. The molecule has 6 heteroatoms. The highest BCUT2D eigenvalue weighted by atomic mass is 19.1. The summed E-state index contributed by atoms with van der Waals surface area (Å²) in [6.45, 7) is 1.59. The number of hydrogen-bond donors (Lipinski definition) is 0. The van der Waals surface area contributed by atoms with Crippen molar-refractivity contribution in [1.29, 1.82) is 0 Å². The van der Waals surface area contributed by atoms with Crippen LogP contribution in [0.4, 0.5) is 9.18 Å². The third-order valence-corrected chi connectivity index (χ3v) is 2.30. The van der Waals surface area contributed by atoms with Crippen molar-refractivity contribution in [3.63, 3.8) is 0 Å². The normalized spacial score (nSPS) is 13.9. The maximum absolute atomic E-state index is 12.9. The van der Waals surface area contributed by atoms with Crippen LogP contribution < -0.4 is 0 Å². The minimum Gasteiger partial charge on any atom is -0.449 e. The summed E-state index contributed by atoms with van der Waals surface area (Å²) in [7, 11) is 0. The molecule has 0 saturated heterocycles. The molecule has 0 aromatic heterocycles. The summed E-state index contributed by atoms with van der Waals surface area (Å²) in [5, 5.41) is 0. The van der Waals surface area contributed by atoms with Crippen LogP contribution in [-0.2, 0) is 4.74 Å². The molecule has 88 valence electrons. The molecule has 5 nitrogen and oxygen atoms in total. The minimum absolute atomic E-state index is 0.00412. The van der Waals surface area contributed by atoms with Crippen molar-refractivity contribution in [3.05, 3.63) is 35.1 Å². The van der Waals surface area contributed by atoms with E-state index in [1.54, 1.807) is 6.92 Å². The molecule has 0 unspecified atom stereocenters. The number of carbonyl (C=O) groups is 3. The van der Waals surface area contributed by atoms with Crippen LogP contribution in [0.3, 0.4) is 0 Å². The van der Waals surface area contributed by atoms with Gasteiger partial charge in [0.1, 0.15) is 5.82 Å². The van der Waals surface area contributed by atoms with Gasteiger partial charge in [0.05, 0.1) is 17.7 Å². The number of rotatable bonds is 1. The number of halogens is 1. The molecular weight excluding hydrogens is 229 g/mol. The number of fused-ring (bicyclic) bond motifs is 1. The van der Waals surface area contributed by atoms with Crippen LogP contribution in [0.2, 0.25) is 0 Å². The summed E-state index contributed by atoms with van der Waals surface area (Å²) in [6.07, 6.45) is -1.04. The molecule has 0 bridgehead atoms. The molecule has 1 aromatic carbocycles. The SMILES string of the molecule is CCOC(=O)N1C(=O)c2ccc(F)cc2C1=O. The number of nitrogens with zero attached hydrogens (tertiary/aromatic N) is 1. The standard InChI is InChI=1S/C11H8FNO4/c1-2-17-11(16)13-9(14)7-4-3-6(12)5-8(7)10(13)15/h3-5H,2H2,1H3. The Morgan fingerprint density at radius 1 is 1.29 bits per heavy atom. The molecular formula is C11H8FNO4. The van der Waals surface area contributed by atoms with E-state index in [2.05, 4.69) is 4.74 Å². The zero-order valence-corrected chi connectivity index (χ0v) is 8.90. The van der Waals surface area contributed by atoms with Gasteiger partial charge in [0, 0.05) is 0 Å². The molecule has 2 rings (SSSR count). The van der Waals surface area contributed by atoms with Gasteiger partial charge in [-0.25, -0.2) is 9.18 Å². The number of hydrogen-bond acceptors (Lipinski definition) is 4. The highest BCUT2D eigenvalue weighted by Crippen LogP contribution is 2.24. The molecule has 1 heterocycles. The van der Waals surface area contributed by atoms with E-state index in [4.69, 9.17) is 0 Å². The van der Waals surface area contributed by atoms with Crippen LogP contribution in [0.25, 0.3) is 0 Å². The first-order chi connectivity index (χ1) is 8.06. The average molecular weight is 237 g/mol. The van der Waals surface area contributed by atoms with Crippen molar-refractivity contribution >= 4 is 17.9 Å². The first kappa shape index (κ1) is 11.3. The largest absolute Gasteiger partial charge is 0.449 e. The Morgan fingerprint density at radius 2 is 1.94 bits per heavy atom. The highest BCUT2D eigenvalue weighted by molar-refractivity contribution is 6.28. The van der Waals surface area contributed by atoms with Gasteiger partial charge >= 0.3 is 6.09 Å². The fourth-order valence-corrected chi connectivity index (χ4v) is 1.57. The lowest BCUT2D eigenvalue weighted by molar-refractivity contribution is 0.0596. The summed E-state index contributed by atoms with van der Waals surface area (Å²) in [5.41, 5.74) is -0.118. The quantitative estimate of drug-likeness (QED) is 0.695. The van der Waals surface area contributed by atoms with Crippen LogP contribution in [-0.4, -0.2) is 29.4 Å². The minimum atomic E-state index is -1.04. The number of imide groups is 3. The van der Waals surface area contributed by atoms with E-state index in [-0.39, 0.29) is 17.7 Å². The average Bonchev–Trinajstić information content (AvgIpc) is 2.52. The van der Waals surface area contributed by atoms with Crippen LogP contribution in [0.5, 0.6) is 0 Å². The number of ether oxygens (including phenoxy) is 1. The zero-order valence-electron chi connectivity index (χ0n) is 8.90. The smallest absolute Gasteiger partial charge is 0.424 e. The Morgan fingerprint density at radius 3 is 2.59 bits per heavy atom. The molecule has 0 aliphatic carbocycles. The third kappa shape index (κ3) is 1.67. The van der Waals surface area contributed by atoms with Gasteiger partial charge in [-0.3, -0.25) is 9.59 Å². The van der Waals surface area contributed by atoms with Crippen LogP contribution in [0, 0.1) is 5.82 Å². The van der Waals surface area contributed by atoms with Crippen molar-refractivity contribution < 1.29 is 23.5 Å². The fourth-order valence-electron chi connectivity index (χ4n) is 1.57.